The summed E-state index contributed by atoms with van der Waals surface area (Å²) < 4.78 is 35.4. The maximum atomic E-state index is 13.1. The van der Waals surface area contributed by atoms with Crippen LogP contribution in [-0.2, 0) is 14.1 Å². The van der Waals surface area contributed by atoms with Crippen molar-refractivity contribution in [2.75, 3.05) is 14.1 Å². The largest absolute Gasteiger partial charge is 0.728 e. The van der Waals surface area contributed by atoms with Crippen molar-refractivity contribution in [3.05, 3.63) is 11.3 Å². The Bertz CT molecular complexity index is 500. The first-order chi connectivity index (χ1) is 7.74. The fourth-order valence-electron chi connectivity index (χ4n) is 1.68. The lowest BCUT2D eigenvalue weighted by Gasteiger charge is -2.36. The van der Waals surface area contributed by atoms with Crippen LogP contribution < -0.4 is 0 Å². The van der Waals surface area contributed by atoms with Crippen LogP contribution in [0.5, 0.6) is 0 Å². The van der Waals surface area contributed by atoms with E-state index >= 15 is 0 Å². The van der Waals surface area contributed by atoms with Crippen LogP contribution in [0.4, 0.5) is 13.4 Å². The van der Waals surface area contributed by atoms with Gasteiger partial charge < -0.3 is 17.9 Å². The summed E-state index contributed by atoms with van der Waals surface area (Å²) in [6.45, 7) is 1.23. The molecule has 0 saturated heterocycles. The smallest absolute Gasteiger partial charge is 0.630 e. The average Bonchev–Trinajstić information content (AvgIpc) is 2.21. The minimum absolute atomic E-state index is 0.164. The minimum atomic E-state index is -4.54. The molecule has 92 valence electrons. The Morgan fingerprint density at radius 2 is 1.88 bits per heavy atom. The van der Waals surface area contributed by atoms with E-state index in [1.165, 1.54) is 21.0 Å². The average molecular weight is 246 g/mol. The number of halogens is 2. The van der Waals surface area contributed by atoms with Gasteiger partial charge in [0.1, 0.15) is 0 Å². The van der Waals surface area contributed by atoms with Crippen molar-refractivity contribution < 1.29 is 32.1 Å². The van der Waals surface area contributed by atoms with Gasteiger partial charge in [0.25, 0.3) is 5.90 Å². The Hall–Kier alpha value is -1.93. The van der Waals surface area contributed by atoms with Crippen LogP contribution in [0, 0.1) is 0 Å². The summed E-state index contributed by atoms with van der Waals surface area (Å²) in [5.41, 5.74) is -0.164. The van der Waals surface area contributed by atoms with Gasteiger partial charge >= 0.3 is 19.0 Å². The van der Waals surface area contributed by atoms with E-state index in [1.807, 2.05) is 0 Å². The molecule has 0 aliphatic carbocycles. The SMILES string of the molecule is CC1=C2C(=O)N(C)C(=O)[N+](C)=C2O[B-](F)(F)O1. The molecule has 0 aromatic heterocycles. The molecule has 2 heterocycles. The molecule has 0 spiro atoms. The molecule has 2 aliphatic rings. The van der Waals surface area contributed by atoms with Crippen molar-refractivity contribution in [1.29, 1.82) is 0 Å². The number of rotatable bonds is 0. The van der Waals surface area contributed by atoms with Crippen molar-refractivity contribution in [3.8, 4) is 0 Å². The number of nitrogens with zero attached hydrogens (tertiary/aromatic N) is 2. The quantitative estimate of drug-likeness (QED) is 0.456. The van der Waals surface area contributed by atoms with Crippen molar-refractivity contribution >= 4 is 24.9 Å². The summed E-state index contributed by atoms with van der Waals surface area (Å²) >= 11 is 0. The summed E-state index contributed by atoms with van der Waals surface area (Å²) in [5, 5.41) is 0. The number of allylic oxidation sites excluding steroid dienone is 1. The Balaban J connectivity index is 2.66. The molecule has 0 aromatic rings. The molecule has 6 nitrogen and oxygen atoms in total. The lowest BCUT2D eigenvalue weighted by molar-refractivity contribution is -0.412. The summed E-state index contributed by atoms with van der Waals surface area (Å²) in [5.74, 6) is -1.45. The van der Waals surface area contributed by atoms with Gasteiger partial charge in [-0.05, 0) is 6.92 Å². The molecule has 0 N–H and O–H groups in total. The van der Waals surface area contributed by atoms with E-state index in [2.05, 4.69) is 9.31 Å². The van der Waals surface area contributed by atoms with Crippen molar-refractivity contribution in [2.24, 2.45) is 0 Å². The summed E-state index contributed by atoms with van der Waals surface area (Å²) in [6.07, 6.45) is 0. The number of carbonyl (C=O) groups excluding carboxylic acids is 2. The van der Waals surface area contributed by atoms with Crippen molar-refractivity contribution in [3.63, 3.8) is 0 Å². The number of amides is 3. The molecule has 0 unspecified atom stereocenters. The standard InChI is InChI=1S/C8H9BF2N2O4/c1-4-5-6(14)12(2)8(15)13(3)7(5)17-9(10,11)16-4/h1-3H3. The fraction of sp³-hybridized carbons (Fsp3) is 0.375. The highest BCUT2D eigenvalue weighted by atomic mass is 19.3. The topological polar surface area (TPSA) is 58.9 Å². The first-order valence-electron chi connectivity index (χ1n) is 4.76. The minimum Gasteiger partial charge on any atom is -0.630 e. The Morgan fingerprint density at radius 1 is 1.29 bits per heavy atom. The highest BCUT2D eigenvalue weighted by Gasteiger charge is 2.50. The summed E-state index contributed by atoms with van der Waals surface area (Å²) in [6, 6.07) is -0.741. The maximum absolute atomic E-state index is 13.1. The van der Waals surface area contributed by atoms with E-state index in [-0.39, 0.29) is 11.3 Å². The number of fused-ring (bicyclic) bond motifs is 1. The molecule has 2 rings (SSSR count). The Labute approximate surface area is 95.2 Å². The number of likely N-dealkylation sites (N-methyl/N-ethyl adjacent to an activating group) is 1. The van der Waals surface area contributed by atoms with Gasteiger partial charge in [-0.25, -0.2) is 4.79 Å². The summed E-state index contributed by atoms with van der Waals surface area (Å²) in [4.78, 5) is 24.1. The third-order valence-electron chi connectivity index (χ3n) is 2.53. The monoisotopic (exact) mass is 246 g/mol. The second kappa shape index (κ2) is 3.28. The van der Waals surface area contributed by atoms with E-state index in [4.69, 9.17) is 0 Å². The zero-order chi connectivity index (χ0) is 13.0. The first-order valence-corrected chi connectivity index (χ1v) is 4.76. The molecule has 0 atom stereocenters. The molecular weight excluding hydrogens is 237 g/mol. The third kappa shape index (κ3) is 1.58. The summed E-state index contributed by atoms with van der Waals surface area (Å²) in [7, 11) is -2.05. The van der Waals surface area contributed by atoms with E-state index in [0.717, 1.165) is 9.48 Å². The number of carbonyl (C=O) groups is 2. The molecule has 0 saturated carbocycles. The lowest BCUT2D eigenvalue weighted by atomic mass is 10.1. The van der Waals surface area contributed by atoms with Crippen molar-refractivity contribution in [2.45, 2.75) is 6.92 Å². The van der Waals surface area contributed by atoms with Gasteiger partial charge in [-0.15, -0.1) is 0 Å². The van der Waals surface area contributed by atoms with Crippen LogP contribution >= 0.6 is 0 Å². The number of imide groups is 1. The molecule has 9 heteroatoms. The van der Waals surface area contributed by atoms with Gasteiger partial charge in [-0.1, -0.05) is 0 Å². The second-order valence-corrected chi connectivity index (χ2v) is 3.71. The van der Waals surface area contributed by atoms with Gasteiger partial charge in [-0.2, -0.15) is 14.3 Å². The highest BCUT2D eigenvalue weighted by molar-refractivity contribution is 6.56. The molecule has 2 aliphatic heterocycles. The predicted octanol–water partition coefficient (Wildman–Crippen LogP) is 0.315. The predicted molar refractivity (Wildman–Crippen MR) is 52.2 cm³/mol. The normalized spacial score (nSPS) is 23.5. The molecule has 0 fully saturated rings. The van der Waals surface area contributed by atoms with Crippen LogP contribution in [-0.4, -0.2) is 48.5 Å². The molecule has 0 bridgehead atoms. The Kier molecular flexibility index (Phi) is 2.23. The van der Waals surface area contributed by atoms with Gasteiger partial charge in [0.2, 0.25) is 0 Å². The molecule has 3 amide bonds. The Morgan fingerprint density at radius 3 is 2.47 bits per heavy atom. The van der Waals surface area contributed by atoms with E-state index in [1.54, 1.807) is 0 Å². The molecular formula is C8H9BF2N2O4. The molecule has 0 aromatic carbocycles. The highest BCUT2D eigenvalue weighted by Crippen LogP contribution is 2.29. The van der Waals surface area contributed by atoms with E-state index in [9.17, 15) is 18.2 Å². The van der Waals surface area contributed by atoms with Gasteiger partial charge in [0, 0.05) is 0 Å². The van der Waals surface area contributed by atoms with Gasteiger partial charge in [0.05, 0.1) is 19.9 Å². The first kappa shape index (κ1) is 11.6. The van der Waals surface area contributed by atoms with Gasteiger partial charge in [-0.3, -0.25) is 0 Å². The van der Waals surface area contributed by atoms with E-state index < -0.39 is 24.9 Å². The maximum Gasteiger partial charge on any atom is 0.728 e. The number of hydrogen-bond acceptors (Lipinski definition) is 4. The zero-order valence-corrected chi connectivity index (χ0v) is 9.36. The van der Waals surface area contributed by atoms with Gasteiger partial charge in [0.15, 0.2) is 5.57 Å². The van der Waals surface area contributed by atoms with Crippen LogP contribution in [0.2, 0.25) is 0 Å². The van der Waals surface area contributed by atoms with Crippen LogP contribution in [0.3, 0.4) is 0 Å². The van der Waals surface area contributed by atoms with Crippen LogP contribution in [0.25, 0.3) is 0 Å². The zero-order valence-electron chi connectivity index (χ0n) is 9.36. The fourth-order valence-corrected chi connectivity index (χ4v) is 1.68. The molecule has 17 heavy (non-hydrogen) atoms. The third-order valence-corrected chi connectivity index (χ3v) is 2.53. The molecule has 0 radical (unpaired) electrons. The number of urea groups is 1. The lowest BCUT2D eigenvalue weighted by Crippen LogP contribution is -2.54. The van der Waals surface area contributed by atoms with Crippen LogP contribution in [0.15, 0.2) is 11.3 Å². The second-order valence-electron chi connectivity index (χ2n) is 3.71. The van der Waals surface area contributed by atoms with E-state index in [0.29, 0.717) is 0 Å². The number of hydrogen-bond donors (Lipinski definition) is 0. The van der Waals surface area contributed by atoms with Crippen LogP contribution in [0.1, 0.15) is 6.92 Å². The van der Waals surface area contributed by atoms with Crippen molar-refractivity contribution in [1.82, 2.24) is 4.90 Å².